The summed E-state index contributed by atoms with van der Waals surface area (Å²) >= 11 is 3.39. The summed E-state index contributed by atoms with van der Waals surface area (Å²) in [5, 5.41) is 0. The largest absolute Gasteiger partial charge is 0.485 e. The van der Waals surface area contributed by atoms with Crippen LogP contribution < -0.4 is 4.74 Å². The molecule has 4 bridgehead atoms. The third-order valence-electron chi connectivity index (χ3n) is 7.04. The molecule has 4 aliphatic carbocycles. The number of benzene rings is 2. The molecule has 6 rings (SSSR count). The van der Waals surface area contributed by atoms with Crippen LogP contribution in [0.15, 0.2) is 53.0 Å². The zero-order valence-electron chi connectivity index (χ0n) is 15.5. The number of halogens is 1. The fraction of sp³-hybridized carbons (Fsp3) is 0.458. The van der Waals surface area contributed by atoms with Crippen molar-refractivity contribution in [2.45, 2.75) is 43.9 Å². The van der Waals surface area contributed by atoms with Gasteiger partial charge in [-0.1, -0.05) is 40.2 Å². The highest BCUT2D eigenvalue weighted by molar-refractivity contribution is 9.10. The second kappa shape index (κ2) is 6.77. The lowest BCUT2D eigenvalue weighted by atomic mass is 9.48. The van der Waals surface area contributed by atoms with Crippen LogP contribution in [0.4, 0.5) is 0 Å². The number of ether oxygens (including phenoxy) is 1. The van der Waals surface area contributed by atoms with Crippen LogP contribution >= 0.6 is 15.9 Å². The fourth-order valence-corrected chi connectivity index (χ4v) is 6.50. The molecular weight excluding hydrogens is 400 g/mol. The van der Waals surface area contributed by atoms with Gasteiger partial charge in [-0.2, -0.15) is 0 Å². The molecule has 0 aliphatic heterocycles. The van der Waals surface area contributed by atoms with Gasteiger partial charge in [-0.05, 0) is 91.5 Å². The van der Waals surface area contributed by atoms with Crippen molar-refractivity contribution >= 4 is 21.7 Å². The van der Waals surface area contributed by atoms with Gasteiger partial charge in [-0.25, -0.2) is 0 Å². The van der Waals surface area contributed by atoms with Gasteiger partial charge in [0.1, 0.15) is 5.75 Å². The third kappa shape index (κ3) is 3.35. The molecule has 0 amide bonds. The summed E-state index contributed by atoms with van der Waals surface area (Å²) in [7, 11) is 0. The van der Waals surface area contributed by atoms with E-state index in [0.717, 1.165) is 28.0 Å². The predicted molar refractivity (Wildman–Crippen MR) is 110 cm³/mol. The molecule has 4 saturated carbocycles. The van der Waals surface area contributed by atoms with Crippen molar-refractivity contribution < 1.29 is 9.53 Å². The molecular formula is C24H25BrO2. The van der Waals surface area contributed by atoms with Gasteiger partial charge in [0.25, 0.3) is 0 Å². The maximum absolute atomic E-state index is 12.3. The Balaban J connectivity index is 1.26. The van der Waals surface area contributed by atoms with Crippen molar-refractivity contribution in [1.29, 1.82) is 0 Å². The van der Waals surface area contributed by atoms with Crippen LogP contribution in [0, 0.1) is 17.8 Å². The van der Waals surface area contributed by atoms with Gasteiger partial charge < -0.3 is 4.74 Å². The van der Waals surface area contributed by atoms with Crippen LogP contribution in [0.1, 0.15) is 54.4 Å². The fourth-order valence-electron chi connectivity index (χ4n) is 6.24. The molecule has 0 unspecified atom stereocenters. The lowest BCUT2D eigenvalue weighted by Crippen LogP contribution is -2.48. The minimum Gasteiger partial charge on any atom is -0.485 e. The highest BCUT2D eigenvalue weighted by atomic mass is 79.9. The molecule has 4 fully saturated rings. The van der Waals surface area contributed by atoms with Crippen molar-refractivity contribution in [3.05, 3.63) is 64.1 Å². The van der Waals surface area contributed by atoms with E-state index >= 15 is 0 Å². The van der Waals surface area contributed by atoms with Crippen molar-refractivity contribution in [2.75, 3.05) is 6.61 Å². The topological polar surface area (TPSA) is 26.3 Å². The molecule has 0 spiro atoms. The zero-order valence-corrected chi connectivity index (χ0v) is 17.1. The summed E-state index contributed by atoms with van der Waals surface area (Å²) < 4.78 is 6.74. The number of hydrogen-bond donors (Lipinski definition) is 0. The first-order chi connectivity index (χ1) is 13.1. The smallest absolute Gasteiger partial charge is 0.200 e. The maximum atomic E-state index is 12.3. The minimum absolute atomic E-state index is 0.00709. The Hall–Kier alpha value is -1.61. The molecule has 0 N–H and O–H groups in total. The van der Waals surface area contributed by atoms with Crippen molar-refractivity contribution in [1.82, 2.24) is 0 Å². The van der Waals surface area contributed by atoms with Gasteiger partial charge >= 0.3 is 0 Å². The van der Waals surface area contributed by atoms with E-state index in [2.05, 4.69) is 40.2 Å². The molecule has 2 aromatic carbocycles. The first-order valence-electron chi connectivity index (χ1n) is 10.1. The van der Waals surface area contributed by atoms with Crippen LogP contribution in [0.5, 0.6) is 5.75 Å². The molecule has 0 aromatic heterocycles. The molecule has 27 heavy (non-hydrogen) atoms. The Morgan fingerprint density at radius 2 is 1.44 bits per heavy atom. The number of rotatable bonds is 5. The van der Waals surface area contributed by atoms with E-state index < -0.39 is 0 Å². The van der Waals surface area contributed by atoms with E-state index in [1.165, 1.54) is 44.1 Å². The lowest BCUT2D eigenvalue weighted by Gasteiger charge is -2.57. The Labute approximate surface area is 169 Å². The van der Waals surface area contributed by atoms with E-state index in [-0.39, 0.29) is 12.4 Å². The van der Waals surface area contributed by atoms with Crippen molar-refractivity contribution in [3.8, 4) is 5.75 Å². The SMILES string of the molecule is O=C(COc1ccc(C23CC4CC(CC(C4)C2)C3)cc1)c1ccc(Br)cc1. The molecule has 0 heterocycles. The number of carbonyl (C=O) groups is 1. The van der Waals surface area contributed by atoms with Gasteiger partial charge in [0.2, 0.25) is 0 Å². The highest BCUT2D eigenvalue weighted by Gasteiger charge is 2.51. The predicted octanol–water partition coefficient (Wildman–Crippen LogP) is 6.18. The van der Waals surface area contributed by atoms with Crippen LogP contribution in [-0.2, 0) is 5.41 Å². The first-order valence-corrected chi connectivity index (χ1v) is 10.9. The summed E-state index contributed by atoms with van der Waals surface area (Å²) in [5.41, 5.74) is 2.59. The quantitative estimate of drug-likeness (QED) is 0.535. The maximum Gasteiger partial charge on any atom is 0.200 e. The molecule has 2 aromatic rings. The summed E-state index contributed by atoms with van der Waals surface area (Å²) in [6.45, 7) is 0.0817. The van der Waals surface area contributed by atoms with Gasteiger partial charge in [0, 0.05) is 10.0 Å². The van der Waals surface area contributed by atoms with Crippen LogP contribution in [0.3, 0.4) is 0 Å². The Morgan fingerprint density at radius 1 is 0.889 bits per heavy atom. The van der Waals surface area contributed by atoms with E-state index in [1.54, 1.807) is 0 Å². The van der Waals surface area contributed by atoms with Crippen LogP contribution in [-0.4, -0.2) is 12.4 Å². The molecule has 4 aliphatic rings. The van der Waals surface area contributed by atoms with Gasteiger partial charge in [-0.15, -0.1) is 0 Å². The Bertz CT molecular complexity index is 802. The number of carbonyl (C=O) groups excluding carboxylic acids is 1. The molecule has 140 valence electrons. The monoisotopic (exact) mass is 424 g/mol. The van der Waals surface area contributed by atoms with Crippen LogP contribution in [0.2, 0.25) is 0 Å². The summed E-state index contributed by atoms with van der Waals surface area (Å²) in [4.78, 5) is 12.3. The zero-order chi connectivity index (χ0) is 18.4. The molecule has 0 radical (unpaired) electrons. The lowest BCUT2D eigenvalue weighted by molar-refractivity contribution is -0.00520. The molecule has 2 nitrogen and oxygen atoms in total. The standard InChI is InChI=1S/C24H25BrO2/c25-21-5-1-19(2-6-21)23(26)15-27-22-7-3-20(4-8-22)24-12-16-9-17(13-24)11-18(10-16)14-24/h1-8,16-18H,9-15H2. The number of Topliss-reactive ketones (excluding diaryl/α,β-unsaturated/α-hetero) is 1. The second-order valence-corrected chi connectivity index (χ2v) is 9.86. The third-order valence-corrected chi connectivity index (χ3v) is 7.57. The Morgan fingerprint density at radius 3 is 2.00 bits per heavy atom. The first kappa shape index (κ1) is 17.5. The molecule has 3 heteroatoms. The van der Waals surface area contributed by atoms with E-state index in [0.29, 0.717) is 11.0 Å². The Kier molecular flexibility index (Phi) is 4.39. The summed E-state index contributed by atoms with van der Waals surface area (Å²) in [5.74, 6) is 3.66. The minimum atomic E-state index is 0.00709. The van der Waals surface area contributed by atoms with Crippen molar-refractivity contribution in [2.24, 2.45) is 17.8 Å². The second-order valence-electron chi connectivity index (χ2n) is 8.94. The van der Waals surface area contributed by atoms with Gasteiger partial charge in [0.05, 0.1) is 0 Å². The summed E-state index contributed by atoms with van der Waals surface area (Å²) in [6.07, 6.45) is 8.54. The average Bonchev–Trinajstić information content (AvgIpc) is 2.66. The number of ketones is 1. The van der Waals surface area contributed by atoms with Crippen molar-refractivity contribution in [3.63, 3.8) is 0 Å². The normalized spacial score (nSPS) is 31.1. The average molecular weight is 425 g/mol. The highest BCUT2D eigenvalue weighted by Crippen LogP contribution is 2.60. The summed E-state index contributed by atoms with van der Waals surface area (Å²) in [6, 6.07) is 16.0. The van der Waals surface area contributed by atoms with E-state index in [9.17, 15) is 4.79 Å². The van der Waals surface area contributed by atoms with Gasteiger partial charge in [0.15, 0.2) is 12.4 Å². The molecule has 0 saturated heterocycles. The van der Waals surface area contributed by atoms with Gasteiger partial charge in [-0.3, -0.25) is 4.79 Å². The van der Waals surface area contributed by atoms with E-state index in [1.807, 2.05) is 24.3 Å². The number of hydrogen-bond acceptors (Lipinski definition) is 2. The van der Waals surface area contributed by atoms with E-state index in [4.69, 9.17) is 4.74 Å². The molecule has 0 atom stereocenters. The van der Waals surface area contributed by atoms with Crippen LogP contribution in [0.25, 0.3) is 0 Å².